The summed E-state index contributed by atoms with van der Waals surface area (Å²) in [6.45, 7) is 1.71. The first-order chi connectivity index (χ1) is 8.50. The van der Waals surface area contributed by atoms with Gasteiger partial charge in [0.2, 0.25) is 5.89 Å². The third-order valence-corrected chi connectivity index (χ3v) is 2.60. The number of nitrogen functional groups attached to an aromatic ring is 1. The SMILES string of the molecule is Cc1oc(-c2ccccc2N)nc1C(=O)N(C)C. The quantitative estimate of drug-likeness (QED) is 0.820. The van der Waals surface area contributed by atoms with Crippen molar-refractivity contribution in [1.29, 1.82) is 0 Å². The smallest absolute Gasteiger partial charge is 0.275 e. The lowest BCUT2D eigenvalue weighted by Gasteiger charge is -2.06. The van der Waals surface area contributed by atoms with Gasteiger partial charge in [0.15, 0.2) is 5.69 Å². The van der Waals surface area contributed by atoms with Gasteiger partial charge in [-0.25, -0.2) is 4.98 Å². The van der Waals surface area contributed by atoms with Gasteiger partial charge in [0.25, 0.3) is 5.91 Å². The Morgan fingerprint density at radius 3 is 2.61 bits per heavy atom. The maximum absolute atomic E-state index is 11.9. The fourth-order valence-corrected chi connectivity index (χ4v) is 1.61. The van der Waals surface area contributed by atoms with E-state index in [1.54, 1.807) is 27.1 Å². The van der Waals surface area contributed by atoms with Crippen LogP contribution in [0.1, 0.15) is 16.2 Å². The molecule has 2 aromatic rings. The molecule has 18 heavy (non-hydrogen) atoms. The number of aryl methyl sites for hydroxylation is 1. The van der Waals surface area contributed by atoms with E-state index in [4.69, 9.17) is 10.2 Å². The van der Waals surface area contributed by atoms with E-state index in [0.29, 0.717) is 28.6 Å². The number of hydrogen-bond donors (Lipinski definition) is 1. The molecule has 0 bridgehead atoms. The lowest BCUT2D eigenvalue weighted by Crippen LogP contribution is -2.22. The van der Waals surface area contributed by atoms with E-state index in [0.717, 1.165) is 0 Å². The summed E-state index contributed by atoms with van der Waals surface area (Å²) >= 11 is 0. The van der Waals surface area contributed by atoms with Gasteiger partial charge in [-0.2, -0.15) is 0 Å². The number of carbonyl (C=O) groups excluding carboxylic acids is 1. The fourth-order valence-electron chi connectivity index (χ4n) is 1.61. The van der Waals surface area contributed by atoms with E-state index < -0.39 is 0 Å². The number of para-hydroxylation sites is 1. The molecule has 0 saturated heterocycles. The number of rotatable bonds is 2. The summed E-state index contributed by atoms with van der Waals surface area (Å²) in [5.41, 5.74) is 7.44. The van der Waals surface area contributed by atoms with E-state index in [-0.39, 0.29) is 5.91 Å². The topological polar surface area (TPSA) is 72.4 Å². The average Bonchev–Trinajstić information content (AvgIpc) is 2.70. The normalized spacial score (nSPS) is 10.4. The van der Waals surface area contributed by atoms with E-state index in [2.05, 4.69) is 4.98 Å². The molecule has 1 heterocycles. The third-order valence-electron chi connectivity index (χ3n) is 2.60. The first kappa shape index (κ1) is 12.2. The highest BCUT2D eigenvalue weighted by Gasteiger charge is 2.20. The Kier molecular flexibility index (Phi) is 3.06. The van der Waals surface area contributed by atoms with Crippen LogP contribution >= 0.6 is 0 Å². The molecule has 0 spiro atoms. The van der Waals surface area contributed by atoms with Crippen LogP contribution in [0.3, 0.4) is 0 Å². The summed E-state index contributed by atoms with van der Waals surface area (Å²) in [4.78, 5) is 17.6. The summed E-state index contributed by atoms with van der Waals surface area (Å²) in [5.74, 6) is 0.680. The first-order valence-electron chi connectivity index (χ1n) is 5.54. The minimum absolute atomic E-state index is 0.183. The van der Waals surface area contributed by atoms with E-state index in [1.807, 2.05) is 18.2 Å². The molecule has 0 saturated carbocycles. The van der Waals surface area contributed by atoms with Crippen molar-refractivity contribution in [2.45, 2.75) is 6.92 Å². The van der Waals surface area contributed by atoms with Crippen molar-refractivity contribution in [2.24, 2.45) is 0 Å². The molecule has 0 aliphatic rings. The average molecular weight is 245 g/mol. The van der Waals surface area contributed by atoms with E-state index >= 15 is 0 Å². The second-order valence-electron chi connectivity index (χ2n) is 4.21. The first-order valence-corrected chi connectivity index (χ1v) is 5.54. The highest BCUT2D eigenvalue weighted by molar-refractivity contribution is 5.93. The van der Waals surface area contributed by atoms with Gasteiger partial charge in [0.1, 0.15) is 5.76 Å². The molecule has 94 valence electrons. The predicted octanol–water partition coefficient (Wildman–Crippen LogP) is 1.93. The molecule has 0 radical (unpaired) electrons. The Morgan fingerprint density at radius 1 is 1.33 bits per heavy atom. The molecule has 5 heteroatoms. The molecule has 2 rings (SSSR count). The van der Waals surface area contributed by atoms with Gasteiger partial charge in [-0.15, -0.1) is 0 Å². The van der Waals surface area contributed by atoms with Crippen LogP contribution in [-0.4, -0.2) is 29.9 Å². The van der Waals surface area contributed by atoms with Crippen LogP contribution in [0.4, 0.5) is 5.69 Å². The Bertz CT molecular complexity index is 588. The van der Waals surface area contributed by atoms with Crippen molar-refractivity contribution in [3.05, 3.63) is 35.7 Å². The molecule has 0 aliphatic heterocycles. The Labute approximate surface area is 105 Å². The zero-order valence-corrected chi connectivity index (χ0v) is 10.6. The number of nitrogens with two attached hydrogens (primary N) is 1. The molecule has 0 unspecified atom stereocenters. The second-order valence-corrected chi connectivity index (χ2v) is 4.21. The number of oxazole rings is 1. The predicted molar refractivity (Wildman–Crippen MR) is 69.1 cm³/mol. The standard InChI is InChI=1S/C13H15N3O2/c1-8-11(13(17)16(2)3)15-12(18-8)9-6-4-5-7-10(9)14/h4-7H,14H2,1-3H3. The molecule has 1 aromatic carbocycles. The van der Waals surface area contributed by atoms with E-state index in [9.17, 15) is 4.79 Å². The number of benzene rings is 1. The van der Waals surface area contributed by atoms with Gasteiger partial charge in [0.05, 0.1) is 5.56 Å². The zero-order chi connectivity index (χ0) is 13.3. The second kappa shape index (κ2) is 4.52. The summed E-state index contributed by atoms with van der Waals surface area (Å²) in [7, 11) is 3.35. The minimum Gasteiger partial charge on any atom is -0.441 e. The van der Waals surface area contributed by atoms with Gasteiger partial charge in [-0.3, -0.25) is 4.79 Å². The van der Waals surface area contributed by atoms with Crippen molar-refractivity contribution in [3.8, 4) is 11.5 Å². The van der Waals surface area contributed by atoms with Crippen molar-refractivity contribution in [3.63, 3.8) is 0 Å². The summed E-state index contributed by atoms with van der Waals surface area (Å²) in [6, 6.07) is 7.26. The molecule has 1 amide bonds. The fraction of sp³-hybridized carbons (Fsp3) is 0.231. The highest BCUT2D eigenvalue weighted by atomic mass is 16.4. The summed E-state index contributed by atoms with van der Waals surface area (Å²) < 4.78 is 5.51. The number of amides is 1. The number of carbonyl (C=O) groups is 1. The lowest BCUT2D eigenvalue weighted by molar-refractivity contribution is 0.0821. The van der Waals surface area contributed by atoms with Crippen LogP contribution in [-0.2, 0) is 0 Å². The third kappa shape index (κ3) is 2.07. The van der Waals surface area contributed by atoms with Gasteiger partial charge in [-0.05, 0) is 19.1 Å². The number of hydrogen-bond acceptors (Lipinski definition) is 4. The maximum Gasteiger partial charge on any atom is 0.275 e. The minimum atomic E-state index is -0.183. The Morgan fingerprint density at radius 2 is 2.00 bits per heavy atom. The van der Waals surface area contributed by atoms with E-state index in [1.165, 1.54) is 4.90 Å². The lowest BCUT2D eigenvalue weighted by atomic mass is 10.2. The largest absolute Gasteiger partial charge is 0.441 e. The van der Waals surface area contributed by atoms with Crippen molar-refractivity contribution < 1.29 is 9.21 Å². The van der Waals surface area contributed by atoms with Crippen LogP contribution < -0.4 is 5.73 Å². The zero-order valence-electron chi connectivity index (χ0n) is 10.6. The van der Waals surface area contributed by atoms with Crippen LogP contribution in [0.5, 0.6) is 0 Å². The molecular formula is C13H15N3O2. The number of anilines is 1. The Balaban J connectivity index is 2.47. The molecule has 0 aliphatic carbocycles. The van der Waals surface area contributed by atoms with Gasteiger partial charge < -0.3 is 15.1 Å². The van der Waals surface area contributed by atoms with Crippen molar-refractivity contribution >= 4 is 11.6 Å². The Hall–Kier alpha value is -2.30. The van der Waals surface area contributed by atoms with Crippen LogP contribution in [0.15, 0.2) is 28.7 Å². The molecular weight excluding hydrogens is 230 g/mol. The molecule has 1 aromatic heterocycles. The molecule has 0 fully saturated rings. The van der Waals surface area contributed by atoms with Gasteiger partial charge >= 0.3 is 0 Å². The molecule has 2 N–H and O–H groups in total. The van der Waals surface area contributed by atoms with Gasteiger partial charge in [-0.1, -0.05) is 12.1 Å². The van der Waals surface area contributed by atoms with Gasteiger partial charge in [0, 0.05) is 19.8 Å². The van der Waals surface area contributed by atoms with Crippen LogP contribution in [0, 0.1) is 6.92 Å². The van der Waals surface area contributed by atoms with Crippen LogP contribution in [0.2, 0.25) is 0 Å². The highest BCUT2D eigenvalue weighted by Crippen LogP contribution is 2.26. The molecule has 0 atom stereocenters. The number of nitrogens with zero attached hydrogens (tertiary/aromatic N) is 2. The summed E-state index contributed by atoms with van der Waals surface area (Å²) in [6.07, 6.45) is 0. The number of aromatic nitrogens is 1. The summed E-state index contributed by atoms with van der Waals surface area (Å²) in [5, 5.41) is 0. The maximum atomic E-state index is 11.9. The van der Waals surface area contributed by atoms with Crippen LogP contribution in [0.25, 0.3) is 11.5 Å². The van der Waals surface area contributed by atoms with Crippen molar-refractivity contribution in [2.75, 3.05) is 19.8 Å². The van der Waals surface area contributed by atoms with Crippen molar-refractivity contribution in [1.82, 2.24) is 9.88 Å². The molecule has 5 nitrogen and oxygen atoms in total. The monoisotopic (exact) mass is 245 g/mol.